The molecule has 1 aromatic heterocycles. The zero-order valence-corrected chi connectivity index (χ0v) is 10.9. The summed E-state index contributed by atoms with van der Waals surface area (Å²) in [6, 6.07) is 2.69. The Bertz CT molecular complexity index is 422. The van der Waals surface area contributed by atoms with E-state index in [1.54, 1.807) is 19.1 Å². The number of rotatable bonds is 4. The molecule has 1 atom stereocenters. The fourth-order valence-electron chi connectivity index (χ4n) is 1.19. The quantitative estimate of drug-likeness (QED) is 0.723. The van der Waals surface area contributed by atoms with E-state index >= 15 is 0 Å². The van der Waals surface area contributed by atoms with Crippen LogP contribution in [0.15, 0.2) is 18.3 Å². The first kappa shape index (κ1) is 14.2. The van der Waals surface area contributed by atoms with E-state index in [0.29, 0.717) is 17.4 Å². The highest BCUT2D eigenvalue weighted by Crippen LogP contribution is 2.09. The molecule has 3 amide bonds. The van der Waals surface area contributed by atoms with Gasteiger partial charge < -0.3 is 16.0 Å². The van der Waals surface area contributed by atoms with Crippen LogP contribution in [0.2, 0.25) is 5.15 Å². The van der Waals surface area contributed by atoms with Crippen LogP contribution < -0.4 is 16.0 Å². The molecule has 0 bridgehead atoms. The molecule has 0 saturated carbocycles. The molecule has 1 rings (SSSR count). The minimum absolute atomic E-state index is 0.133. The SMILES string of the molecule is CC(=O)NCC(C)NC(=O)Nc1ccc(Cl)nc1. The van der Waals surface area contributed by atoms with Crippen LogP contribution in [0, 0.1) is 0 Å². The van der Waals surface area contributed by atoms with Crippen LogP contribution in [-0.4, -0.2) is 29.5 Å². The molecule has 7 heteroatoms. The Hall–Kier alpha value is -1.82. The predicted octanol–water partition coefficient (Wildman–Crippen LogP) is 1.38. The van der Waals surface area contributed by atoms with E-state index < -0.39 is 0 Å². The van der Waals surface area contributed by atoms with Crippen molar-refractivity contribution < 1.29 is 9.59 Å². The lowest BCUT2D eigenvalue weighted by Gasteiger charge is -2.14. The summed E-state index contributed by atoms with van der Waals surface area (Å²) < 4.78 is 0. The van der Waals surface area contributed by atoms with Crippen LogP contribution in [0.5, 0.6) is 0 Å². The number of hydrogen-bond acceptors (Lipinski definition) is 3. The molecule has 0 radical (unpaired) electrons. The largest absolute Gasteiger partial charge is 0.354 e. The van der Waals surface area contributed by atoms with Crippen molar-refractivity contribution in [2.45, 2.75) is 19.9 Å². The van der Waals surface area contributed by atoms with Crippen molar-refractivity contribution in [2.24, 2.45) is 0 Å². The van der Waals surface area contributed by atoms with Crippen LogP contribution in [0.1, 0.15) is 13.8 Å². The van der Waals surface area contributed by atoms with Crippen molar-refractivity contribution in [2.75, 3.05) is 11.9 Å². The molecule has 0 fully saturated rings. The lowest BCUT2D eigenvalue weighted by molar-refractivity contribution is -0.119. The number of anilines is 1. The first-order chi connectivity index (χ1) is 8.47. The average molecular weight is 271 g/mol. The van der Waals surface area contributed by atoms with Crippen LogP contribution in [0.3, 0.4) is 0 Å². The fraction of sp³-hybridized carbons (Fsp3) is 0.364. The number of halogens is 1. The molecule has 0 aliphatic carbocycles. The van der Waals surface area contributed by atoms with Crippen LogP contribution in [-0.2, 0) is 4.79 Å². The number of carbonyl (C=O) groups excluding carboxylic acids is 2. The van der Waals surface area contributed by atoms with E-state index in [2.05, 4.69) is 20.9 Å². The highest BCUT2D eigenvalue weighted by molar-refractivity contribution is 6.29. The summed E-state index contributed by atoms with van der Waals surface area (Å²) in [5.41, 5.74) is 0.545. The summed E-state index contributed by atoms with van der Waals surface area (Å²) in [5.74, 6) is -0.133. The highest BCUT2D eigenvalue weighted by atomic mass is 35.5. The Morgan fingerprint density at radius 1 is 1.44 bits per heavy atom. The number of nitrogens with zero attached hydrogens (tertiary/aromatic N) is 1. The molecule has 0 aliphatic rings. The molecule has 0 aromatic carbocycles. The maximum absolute atomic E-state index is 11.6. The number of urea groups is 1. The molecule has 1 heterocycles. The summed E-state index contributed by atoms with van der Waals surface area (Å²) in [5, 5.41) is 8.25. The summed E-state index contributed by atoms with van der Waals surface area (Å²) >= 11 is 5.62. The summed E-state index contributed by atoms with van der Waals surface area (Å²) in [6.45, 7) is 3.59. The third-order valence-corrected chi connectivity index (χ3v) is 2.24. The third kappa shape index (κ3) is 5.49. The van der Waals surface area contributed by atoms with E-state index in [4.69, 9.17) is 11.6 Å². The van der Waals surface area contributed by atoms with Gasteiger partial charge in [0.15, 0.2) is 0 Å². The molecule has 3 N–H and O–H groups in total. The van der Waals surface area contributed by atoms with E-state index in [-0.39, 0.29) is 18.0 Å². The van der Waals surface area contributed by atoms with Crippen molar-refractivity contribution in [3.05, 3.63) is 23.5 Å². The van der Waals surface area contributed by atoms with Gasteiger partial charge in [-0.25, -0.2) is 9.78 Å². The molecular weight excluding hydrogens is 256 g/mol. The van der Waals surface area contributed by atoms with E-state index in [9.17, 15) is 9.59 Å². The first-order valence-electron chi connectivity index (χ1n) is 5.41. The Morgan fingerprint density at radius 3 is 2.72 bits per heavy atom. The molecular formula is C11H15ClN4O2. The second-order valence-corrected chi connectivity index (χ2v) is 4.19. The highest BCUT2D eigenvalue weighted by Gasteiger charge is 2.07. The molecule has 18 heavy (non-hydrogen) atoms. The Morgan fingerprint density at radius 2 is 2.17 bits per heavy atom. The van der Waals surface area contributed by atoms with Crippen molar-refractivity contribution >= 4 is 29.2 Å². The van der Waals surface area contributed by atoms with Gasteiger partial charge in [0.05, 0.1) is 11.9 Å². The van der Waals surface area contributed by atoms with Crippen LogP contribution in [0.25, 0.3) is 0 Å². The fourth-order valence-corrected chi connectivity index (χ4v) is 1.30. The zero-order chi connectivity index (χ0) is 13.5. The Balaban J connectivity index is 2.37. The number of carbonyl (C=O) groups is 2. The number of nitrogens with one attached hydrogen (secondary N) is 3. The molecule has 0 saturated heterocycles. The maximum Gasteiger partial charge on any atom is 0.319 e. The lowest BCUT2D eigenvalue weighted by Crippen LogP contribution is -2.43. The lowest BCUT2D eigenvalue weighted by atomic mass is 10.3. The Labute approximate surface area is 110 Å². The molecule has 98 valence electrons. The predicted molar refractivity (Wildman–Crippen MR) is 69.5 cm³/mol. The molecule has 0 aliphatic heterocycles. The topological polar surface area (TPSA) is 83.1 Å². The smallest absolute Gasteiger partial charge is 0.319 e. The first-order valence-corrected chi connectivity index (χ1v) is 5.78. The monoisotopic (exact) mass is 270 g/mol. The number of amides is 3. The molecule has 1 aromatic rings. The standard InChI is InChI=1S/C11H15ClN4O2/c1-7(5-13-8(2)17)15-11(18)16-9-3-4-10(12)14-6-9/h3-4,6-7H,5H2,1-2H3,(H,13,17)(H2,15,16,18). The van der Waals surface area contributed by atoms with Crippen LogP contribution in [0.4, 0.5) is 10.5 Å². The Kier molecular flexibility index (Phi) is 5.38. The second kappa shape index (κ2) is 6.80. The van der Waals surface area contributed by atoms with Crippen LogP contribution >= 0.6 is 11.6 Å². The number of hydrogen-bond donors (Lipinski definition) is 3. The summed E-state index contributed by atoms with van der Waals surface area (Å²) in [7, 11) is 0. The van der Waals surface area contributed by atoms with Gasteiger partial charge in [0.2, 0.25) is 5.91 Å². The average Bonchev–Trinajstić information content (AvgIpc) is 2.29. The van der Waals surface area contributed by atoms with Gasteiger partial charge in [-0.1, -0.05) is 11.6 Å². The summed E-state index contributed by atoms with van der Waals surface area (Å²) in [4.78, 5) is 26.1. The van der Waals surface area contributed by atoms with Crippen molar-refractivity contribution in [1.29, 1.82) is 0 Å². The van der Waals surface area contributed by atoms with E-state index in [1.807, 2.05) is 0 Å². The van der Waals surface area contributed by atoms with Gasteiger partial charge in [0.1, 0.15) is 5.15 Å². The number of pyridine rings is 1. The maximum atomic E-state index is 11.6. The van der Waals surface area contributed by atoms with Gasteiger partial charge in [0.25, 0.3) is 0 Å². The van der Waals surface area contributed by atoms with Crippen molar-refractivity contribution in [3.8, 4) is 0 Å². The van der Waals surface area contributed by atoms with Gasteiger partial charge in [-0.3, -0.25) is 4.79 Å². The van der Waals surface area contributed by atoms with Crippen molar-refractivity contribution in [1.82, 2.24) is 15.6 Å². The van der Waals surface area contributed by atoms with Gasteiger partial charge in [-0.05, 0) is 19.1 Å². The summed E-state index contributed by atoms with van der Waals surface area (Å²) in [6.07, 6.45) is 1.46. The molecule has 1 unspecified atom stereocenters. The van der Waals surface area contributed by atoms with Gasteiger partial charge >= 0.3 is 6.03 Å². The number of aromatic nitrogens is 1. The van der Waals surface area contributed by atoms with Gasteiger partial charge in [0, 0.05) is 19.5 Å². The van der Waals surface area contributed by atoms with Gasteiger partial charge in [-0.15, -0.1) is 0 Å². The van der Waals surface area contributed by atoms with E-state index in [1.165, 1.54) is 13.1 Å². The zero-order valence-electron chi connectivity index (χ0n) is 10.2. The molecule has 6 nitrogen and oxygen atoms in total. The molecule has 0 spiro atoms. The van der Waals surface area contributed by atoms with Crippen molar-refractivity contribution in [3.63, 3.8) is 0 Å². The minimum atomic E-state index is -0.364. The minimum Gasteiger partial charge on any atom is -0.354 e. The third-order valence-electron chi connectivity index (χ3n) is 2.02. The normalized spacial score (nSPS) is 11.5. The van der Waals surface area contributed by atoms with Gasteiger partial charge in [-0.2, -0.15) is 0 Å². The second-order valence-electron chi connectivity index (χ2n) is 3.81. The van der Waals surface area contributed by atoms with E-state index in [0.717, 1.165) is 0 Å².